The molecule has 0 spiro atoms. The molecule has 0 unspecified atom stereocenters. The molecule has 0 rings (SSSR count). The number of ether oxygens (including phenoxy) is 2. The van der Waals surface area contributed by atoms with Crippen molar-refractivity contribution in [2.75, 3.05) is 14.2 Å². The van der Waals surface area contributed by atoms with Gasteiger partial charge in [-0.05, 0) is 0 Å². The fourth-order valence-corrected chi connectivity index (χ4v) is 0.521. The monoisotopic (exact) mass is 141 g/mol. The van der Waals surface area contributed by atoms with Gasteiger partial charge >= 0.3 is 0 Å². The molecule has 0 aromatic rings. The van der Waals surface area contributed by atoms with E-state index in [0.717, 1.165) is 0 Å². The van der Waals surface area contributed by atoms with Gasteiger partial charge in [0.2, 0.25) is 0 Å². The Bertz CT molecular complexity index is 133. The van der Waals surface area contributed by atoms with Gasteiger partial charge in [-0.3, -0.25) is 0 Å². The molecule has 0 aliphatic heterocycles. The minimum absolute atomic E-state index is 0.232. The Morgan fingerprint density at radius 2 is 2.10 bits per heavy atom. The summed E-state index contributed by atoms with van der Waals surface area (Å²) in [5.74, 6) is 0. The number of hydrogen-bond donors (Lipinski definition) is 0. The maximum absolute atomic E-state index is 8.11. The first-order valence-corrected chi connectivity index (χ1v) is 2.95. The normalized spacial score (nSPS) is 10.6. The lowest BCUT2D eigenvalue weighted by molar-refractivity contribution is -0.0986. The molecule has 0 N–H and O–H groups in total. The predicted molar refractivity (Wildman–Crippen MR) is 37.2 cm³/mol. The lowest BCUT2D eigenvalue weighted by atomic mass is 10.4. The fourth-order valence-electron chi connectivity index (χ4n) is 0.521. The van der Waals surface area contributed by atoms with Crippen LogP contribution in [0, 0.1) is 11.3 Å². The van der Waals surface area contributed by atoms with Gasteiger partial charge in [0.1, 0.15) is 0 Å². The number of rotatable bonds is 4. The molecule has 0 bridgehead atoms. The number of hydrogen-bond acceptors (Lipinski definition) is 3. The van der Waals surface area contributed by atoms with Crippen LogP contribution >= 0.6 is 0 Å². The van der Waals surface area contributed by atoms with Gasteiger partial charge in [-0.2, -0.15) is 5.26 Å². The molecule has 0 aliphatic carbocycles. The Kier molecular flexibility index (Phi) is 5.74. The standard InChI is InChI=1S/C7H11NO2/c1-9-7(10-2)5-3-4-6-8/h3-4,7H,5H2,1-2H3/b4-3+. The summed E-state index contributed by atoms with van der Waals surface area (Å²) in [4.78, 5) is 0. The van der Waals surface area contributed by atoms with E-state index in [2.05, 4.69) is 0 Å². The Morgan fingerprint density at radius 1 is 1.50 bits per heavy atom. The van der Waals surface area contributed by atoms with E-state index in [1.165, 1.54) is 6.08 Å². The van der Waals surface area contributed by atoms with Gasteiger partial charge in [-0.15, -0.1) is 0 Å². The maximum Gasteiger partial charge on any atom is 0.160 e. The number of nitriles is 1. The number of methoxy groups -OCH3 is 2. The average Bonchev–Trinajstić information content (AvgIpc) is 1.99. The Morgan fingerprint density at radius 3 is 2.50 bits per heavy atom. The molecule has 0 atom stereocenters. The summed E-state index contributed by atoms with van der Waals surface area (Å²) in [6, 6.07) is 1.88. The third kappa shape index (κ3) is 4.07. The van der Waals surface area contributed by atoms with Crippen molar-refractivity contribution in [1.29, 1.82) is 5.26 Å². The van der Waals surface area contributed by atoms with Crippen LogP contribution < -0.4 is 0 Å². The van der Waals surface area contributed by atoms with E-state index in [0.29, 0.717) is 6.42 Å². The molecule has 0 aliphatic rings. The second-order valence-corrected chi connectivity index (χ2v) is 1.67. The van der Waals surface area contributed by atoms with Crippen molar-refractivity contribution >= 4 is 0 Å². The lowest BCUT2D eigenvalue weighted by Crippen LogP contribution is -2.10. The van der Waals surface area contributed by atoms with Gasteiger partial charge in [-0.1, -0.05) is 6.08 Å². The van der Waals surface area contributed by atoms with Crippen molar-refractivity contribution in [3.05, 3.63) is 12.2 Å². The quantitative estimate of drug-likeness (QED) is 0.434. The van der Waals surface area contributed by atoms with Crippen LogP contribution in [-0.4, -0.2) is 20.5 Å². The van der Waals surface area contributed by atoms with E-state index in [-0.39, 0.29) is 6.29 Å². The minimum Gasteiger partial charge on any atom is -0.356 e. The van der Waals surface area contributed by atoms with Crippen molar-refractivity contribution in [2.45, 2.75) is 12.7 Å². The fraction of sp³-hybridized carbons (Fsp3) is 0.571. The summed E-state index contributed by atoms with van der Waals surface area (Å²) < 4.78 is 9.73. The summed E-state index contributed by atoms with van der Waals surface area (Å²) in [7, 11) is 3.13. The highest BCUT2D eigenvalue weighted by molar-refractivity contribution is 5.01. The molecular formula is C7H11NO2. The van der Waals surface area contributed by atoms with Gasteiger partial charge in [0.25, 0.3) is 0 Å². The average molecular weight is 141 g/mol. The first-order valence-electron chi connectivity index (χ1n) is 2.95. The van der Waals surface area contributed by atoms with Crippen LogP contribution in [0.3, 0.4) is 0 Å². The molecule has 10 heavy (non-hydrogen) atoms. The predicted octanol–water partition coefficient (Wildman–Crippen LogP) is 1.08. The first kappa shape index (κ1) is 9.15. The molecule has 0 fully saturated rings. The maximum atomic E-state index is 8.11. The molecule has 0 saturated heterocycles. The third-order valence-corrected chi connectivity index (χ3v) is 1.05. The van der Waals surface area contributed by atoms with Gasteiger partial charge in [-0.25, -0.2) is 0 Å². The van der Waals surface area contributed by atoms with E-state index in [1.54, 1.807) is 20.3 Å². The van der Waals surface area contributed by atoms with Crippen LogP contribution in [0.1, 0.15) is 6.42 Å². The molecular weight excluding hydrogens is 130 g/mol. The zero-order valence-corrected chi connectivity index (χ0v) is 6.20. The molecule has 0 heterocycles. The highest BCUT2D eigenvalue weighted by atomic mass is 16.7. The van der Waals surface area contributed by atoms with Crippen molar-refractivity contribution in [3.8, 4) is 6.07 Å². The van der Waals surface area contributed by atoms with E-state index in [4.69, 9.17) is 14.7 Å². The first-order chi connectivity index (χ1) is 4.85. The van der Waals surface area contributed by atoms with E-state index >= 15 is 0 Å². The van der Waals surface area contributed by atoms with Crippen molar-refractivity contribution < 1.29 is 9.47 Å². The second kappa shape index (κ2) is 6.27. The second-order valence-electron chi connectivity index (χ2n) is 1.67. The SMILES string of the molecule is COC(C/C=C/C#N)OC. The van der Waals surface area contributed by atoms with E-state index in [1.807, 2.05) is 6.07 Å². The number of nitrogens with zero attached hydrogens (tertiary/aromatic N) is 1. The lowest BCUT2D eigenvalue weighted by Gasteiger charge is -2.09. The molecule has 0 radical (unpaired) electrons. The molecule has 0 saturated carbocycles. The van der Waals surface area contributed by atoms with Crippen molar-refractivity contribution in [1.82, 2.24) is 0 Å². The van der Waals surface area contributed by atoms with Gasteiger partial charge in [0, 0.05) is 26.7 Å². The van der Waals surface area contributed by atoms with Gasteiger partial charge in [0.15, 0.2) is 6.29 Å². The Balaban J connectivity index is 3.46. The van der Waals surface area contributed by atoms with Crippen molar-refractivity contribution in [2.24, 2.45) is 0 Å². The van der Waals surface area contributed by atoms with Crippen LogP contribution in [0.25, 0.3) is 0 Å². The van der Waals surface area contributed by atoms with E-state index in [9.17, 15) is 0 Å². The third-order valence-electron chi connectivity index (χ3n) is 1.05. The van der Waals surface area contributed by atoms with Gasteiger partial charge in [0.05, 0.1) is 6.07 Å². The van der Waals surface area contributed by atoms with Crippen LogP contribution in [0.4, 0.5) is 0 Å². The number of allylic oxidation sites excluding steroid dienone is 1. The zero-order valence-electron chi connectivity index (χ0n) is 6.20. The molecule has 0 amide bonds. The van der Waals surface area contributed by atoms with Crippen LogP contribution in [0.5, 0.6) is 0 Å². The summed E-state index contributed by atoms with van der Waals surface area (Å²) in [6.07, 6.45) is 3.49. The Labute approximate surface area is 60.9 Å². The highest BCUT2D eigenvalue weighted by Crippen LogP contribution is 1.97. The highest BCUT2D eigenvalue weighted by Gasteiger charge is 1.99. The summed E-state index contributed by atoms with van der Waals surface area (Å²) in [6.45, 7) is 0. The molecule has 3 heteroatoms. The summed E-state index contributed by atoms with van der Waals surface area (Å²) in [5.41, 5.74) is 0. The molecule has 3 nitrogen and oxygen atoms in total. The van der Waals surface area contributed by atoms with Gasteiger partial charge < -0.3 is 9.47 Å². The van der Waals surface area contributed by atoms with Crippen LogP contribution in [0.15, 0.2) is 12.2 Å². The summed E-state index contributed by atoms with van der Waals surface area (Å²) >= 11 is 0. The topological polar surface area (TPSA) is 42.2 Å². The minimum atomic E-state index is -0.232. The molecule has 0 aromatic carbocycles. The van der Waals surface area contributed by atoms with Crippen LogP contribution in [0.2, 0.25) is 0 Å². The smallest absolute Gasteiger partial charge is 0.160 e. The van der Waals surface area contributed by atoms with E-state index < -0.39 is 0 Å². The molecule has 0 aromatic heterocycles. The molecule has 56 valence electrons. The van der Waals surface area contributed by atoms with Crippen LogP contribution in [-0.2, 0) is 9.47 Å². The zero-order chi connectivity index (χ0) is 7.82. The van der Waals surface area contributed by atoms with Crippen molar-refractivity contribution in [3.63, 3.8) is 0 Å². The summed E-state index contributed by atoms with van der Waals surface area (Å²) in [5, 5.41) is 8.11. The largest absolute Gasteiger partial charge is 0.356 e. The Hall–Kier alpha value is -0.850.